The van der Waals surface area contributed by atoms with Gasteiger partial charge in [0.25, 0.3) is 0 Å². The van der Waals surface area contributed by atoms with Gasteiger partial charge in [-0.05, 0) is 119 Å². The van der Waals surface area contributed by atoms with Crippen molar-refractivity contribution in [2.45, 2.75) is 62.3 Å². The summed E-state index contributed by atoms with van der Waals surface area (Å²) >= 11 is 0. The number of aromatic nitrogens is 2. The molecule has 5 rings (SSSR count). The molecule has 8 heteroatoms. The van der Waals surface area contributed by atoms with Gasteiger partial charge in [0.2, 0.25) is 0 Å². The van der Waals surface area contributed by atoms with Crippen LogP contribution in [0, 0.1) is 6.92 Å². The zero-order valence-electron chi connectivity index (χ0n) is 23.1. The first-order chi connectivity index (χ1) is 18.2. The van der Waals surface area contributed by atoms with Crippen molar-refractivity contribution in [3.05, 3.63) is 47.5 Å². The number of fused-ring (bicyclic) bond motifs is 1. The second kappa shape index (κ2) is 11.5. The molecule has 1 N–H and O–H groups in total. The van der Waals surface area contributed by atoms with Crippen molar-refractivity contribution in [2.24, 2.45) is 7.05 Å². The molecule has 0 amide bonds. The van der Waals surface area contributed by atoms with E-state index in [1.807, 2.05) is 12.1 Å². The molecule has 1 unspecified atom stereocenters. The lowest BCUT2D eigenvalue weighted by molar-refractivity contribution is 0.137. The minimum Gasteiger partial charge on any atom is -0.396 e. The number of likely N-dealkylation sites (tertiary alicyclic amines) is 2. The molecule has 3 aromatic rings. The molecular formula is C30H42N4O3S. The molecule has 3 heterocycles. The fourth-order valence-corrected chi connectivity index (χ4v) is 7.08. The molecule has 2 fully saturated rings. The van der Waals surface area contributed by atoms with E-state index >= 15 is 0 Å². The minimum atomic E-state index is -3.22. The van der Waals surface area contributed by atoms with E-state index in [0.717, 1.165) is 55.0 Å². The van der Waals surface area contributed by atoms with Gasteiger partial charge in [-0.3, -0.25) is 0 Å². The highest BCUT2D eigenvalue weighted by Crippen LogP contribution is 2.35. The number of hydrogen-bond acceptors (Lipinski definition) is 6. The molecule has 38 heavy (non-hydrogen) atoms. The molecule has 0 aliphatic carbocycles. The number of aryl methyl sites for hydroxylation is 2. The third-order valence-corrected chi connectivity index (χ3v) is 9.81. The van der Waals surface area contributed by atoms with Gasteiger partial charge < -0.3 is 19.5 Å². The first-order valence-corrected chi connectivity index (χ1v) is 16.0. The number of piperidine rings is 1. The van der Waals surface area contributed by atoms with Gasteiger partial charge in [0.05, 0.1) is 15.9 Å². The third-order valence-electron chi connectivity index (χ3n) is 8.68. The first-order valence-electron chi connectivity index (χ1n) is 14.1. The van der Waals surface area contributed by atoms with Crippen LogP contribution in [0.5, 0.6) is 0 Å². The summed E-state index contributed by atoms with van der Waals surface area (Å²) in [6.07, 6.45) is 8.27. The number of benzene rings is 2. The SMILES string of the molecule is Cc1cc(C2CCN(C3CCCN(CCCO)CC3)CC2)cc2c1nc(-c1ccc(S(C)(=O)=O)cc1)n2C. The van der Waals surface area contributed by atoms with Crippen molar-refractivity contribution in [2.75, 3.05) is 45.6 Å². The lowest BCUT2D eigenvalue weighted by atomic mass is 9.87. The van der Waals surface area contributed by atoms with E-state index < -0.39 is 9.84 Å². The van der Waals surface area contributed by atoms with Crippen LogP contribution >= 0.6 is 0 Å². The lowest BCUT2D eigenvalue weighted by Gasteiger charge is -2.37. The van der Waals surface area contributed by atoms with Crippen LogP contribution in [0.15, 0.2) is 41.3 Å². The molecule has 0 bridgehead atoms. The van der Waals surface area contributed by atoms with E-state index in [4.69, 9.17) is 10.1 Å². The summed E-state index contributed by atoms with van der Waals surface area (Å²) in [4.78, 5) is 10.5. The largest absolute Gasteiger partial charge is 0.396 e. The van der Waals surface area contributed by atoms with Crippen LogP contribution in [-0.4, -0.2) is 84.5 Å². The summed E-state index contributed by atoms with van der Waals surface area (Å²) in [7, 11) is -1.17. The van der Waals surface area contributed by atoms with Gasteiger partial charge in [-0.1, -0.05) is 6.07 Å². The van der Waals surface area contributed by atoms with Crippen LogP contribution in [-0.2, 0) is 16.9 Å². The van der Waals surface area contributed by atoms with Crippen LogP contribution in [0.1, 0.15) is 55.6 Å². The summed E-state index contributed by atoms with van der Waals surface area (Å²) < 4.78 is 25.9. The number of imidazole rings is 1. The zero-order chi connectivity index (χ0) is 26.9. The fourth-order valence-electron chi connectivity index (χ4n) is 6.45. The summed E-state index contributed by atoms with van der Waals surface area (Å²) in [5.41, 5.74) is 5.68. The number of hydrogen-bond donors (Lipinski definition) is 1. The molecule has 0 saturated carbocycles. The van der Waals surface area contributed by atoms with E-state index in [0.29, 0.717) is 16.9 Å². The average Bonchev–Trinajstić information content (AvgIpc) is 3.08. The van der Waals surface area contributed by atoms with Crippen LogP contribution in [0.2, 0.25) is 0 Å². The van der Waals surface area contributed by atoms with Crippen molar-refractivity contribution in [3.63, 3.8) is 0 Å². The van der Waals surface area contributed by atoms with Crippen molar-refractivity contribution >= 4 is 20.9 Å². The van der Waals surface area contributed by atoms with Gasteiger partial charge in [-0.25, -0.2) is 13.4 Å². The van der Waals surface area contributed by atoms with Crippen molar-refractivity contribution in [1.29, 1.82) is 0 Å². The molecule has 2 saturated heterocycles. The maximum Gasteiger partial charge on any atom is 0.175 e. The molecule has 1 aromatic heterocycles. The molecule has 2 aromatic carbocycles. The lowest BCUT2D eigenvalue weighted by Crippen LogP contribution is -2.41. The highest BCUT2D eigenvalue weighted by atomic mass is 32.2. The Bertz CT molecular complexity index is 1360. The second-order valence-electron chi connectivity index (χ2n) is 11.3. The van der Waals surface area contributed by atoms with Crippen LogP contribution in [0.4, 0.5) is 0 Å². The van der Waals surface area contributed by atoms with Gasteiger partial charge in [0, 0.05) is 38.1 Å². The first kappa shape index (κ1) is 27.3. The van der Waals surface area contributed by atoms with Crippen molar-refractivity contribution in [1.82, 2.24) is 19.4 Å². The molecule has 0 spiro atoms. The predicted octanol–water partition coefficient (Wildman–Crippen LogP) is 4.37. The van der Waals surface area contributed by atoms with Crippen LogP contribution in [0.25, 0.3) is 22.4 Å². The van der Waals surface area contributed by atoms with Crippen molar-refractivity contribution in [3.8, 4) is 11.4 Å². The average molecular weight is 539 g/mol. The maximum atomic E-state index is 11.9. The summed E-state index contributed by atoms with van der Waals surface area (Å²) in [5, 5.41) is 9.16. The highest BCUT2D eigenvalue weighted by molar-refractivity contribution is 7.90. The van der Waals surface area contributed by atoms with Gasteiger partial charge in [0.1, 0.15) is 5.82 Å². The Morgan fingerprint density at radius 3 is 2.42 bits per heavy atom. The number of aliphatic hydroxyl groups is 1. The highest BCUT2D eigenvalue weighted by Gasteiger charge is 2.28. The number of nitrogens with zero attached hydrogens (tertiary/aromatic N) is 4. The smallest absolute Gasteiger partial charge is 0.175 e. The standard InChI is InChI=1S/C30H42N4O3S/c1-22-20-25(23-11-17-34(18-12-23)26-6-4-14-33(16-13-26)15-5-19-35)21-28-29(22)31-30(32(28)2)24-7-9-27(10-8-24)38(3,36)37/h7-10,20-21,23,26,35H,4-6,11-19H2,1-3H3. The molecule has 2 aliphatic rings. The van der Waals surface area contributed by atoms with E-state index in [9.17, 15) is 8.42 Å². The fraction of sp³-hybridized carbons (Fsp3) is 0.567. The Balaban J connectivity index is 1.28. The van der Waals surface area contributed by atoms with Crippen LogP contribution < -0.4 is 0 Å². The predicted molar refractivity (Wildman–Crippen MR) is 153 cm³/mol. The summed E-state index contributed by atoms with van der Waals surface area (Å²) in [5.74, 6) is 1.42. The Morgan fingerprint density at radius 1 is 1.00 bits per heavy atom. The Kier molecular flexibility index (Phi) is 8.24. The van der Waals surface area contributed by atoms with E-state index in [1.54, 1.807) is 12.1 Å². The number of rotatable bonds is 7. The minimum absolute atomic E-state index is 0.289. The van der Waals surface area contributed by atoms with E-state index in [2.05, 4.69) is 40.5 Å². The second-order valence-corrected chi connectivity index (χ2v) is 13.3. The monoisotopic (exact) mass is 538 g/mol. The number of sulfone groups is 1. The number of aliphatic hydroxyl groups excluding tert-OH is 1. The van der Waals surface area contributed by atoms with Crippen molar-refractivity contribution < 1.29 is 13.5 Å². The van der Waals surface area contributed by atoms with Crippen LogP contribution in [0.3, 0.4) is 0 Å². The van der Waals surface area contributed by atoms with Gasteiger partial charge in [0.15, 0.2) is 9.84 Å². The zero-order valence-corrected chi connectivity index (χ0v) is 23.9. The molecule has 0 radical (unpaired) electrons. The Labute approximate surface area is 227 Å². The Hall–Kier alpha value is -2.26. The molecule has 206 valence electrons. The quantitative estimate of drug-likeness (QED) is 0.481. The van der Waals surface area contributed by atoms with Gasteiger partial charge in [-0.2, -0.15) is 0 Å². The third kappa shape index (κ3) is 5.83. The Morgan fingerprint density at radius 2 is 1.74 bits per heavy atom. The summed E-state index contributed by atoms with van der Waals surface area (Å²) in [6, 6.07) is 12.4. The maximum absolute atomic E-state index is 11.9. The van der Waals surface area contributed by atoms with Gasteiger partial charge in [-0.15, -0.1) is 0 Å². The summed E-state index contributed by atoms with van der Waals surface area (Å²) in [6.45, 7) is 8.10. The molecule has 7 nitrogen and oxygen atoms in total. The van der Waals surface area contributed by atoms with E-state index in [1.165, 1.54) is 56.0 Å². The molecule has 2 aliphatic heterocycles. The molecular weight excluding hydrogens is 496 g/mol. The molecule has 1 atom stereocenters. The van der Waals surface area contributed by atoms with Gasteiger partial charge >= 0.3 is 0 Å². The topological polar surface area (TPSA) is 78.7 Å². The normalized spacial score (nSPS) is 20.7. The van der Waals surface area contributed by atoms with E-state index in [-0.39, 0.29) is 6.61 Å².